The van der Waals surface area contributed by atoms with Gasteiger partial charge >= 0.3 is 0 Å². The Morgan fingerprint density at radius 1 is 1.00 bits per heavy atom. The van der Waals surface area contributed by atoms with Crippen LogP contribution in [0.15, 0.2) is 59.5 Å². The van der Waals surface area contributed by atoms with Crippen molar-refractivity contribution in [3.63, 3.8) is 0 Å². The van der Waals surface area contributed by atoms with Gasteiger partial charge in [-0.05, 0) is 41.8 Å². The van der Waals surface area contributed by atoms with Gasteiger partial charge in [0.15, 0.2) is 9.84 Å². The van der Waals surface area contributed by atoms with Gasteiger partial charge in [-0.25, -0.2) is 8.42 Å². The molecule has 0 aliphatic carbocycles. The topological polar surface area (TPSA) is 86.5 Å². The van der Waals surface area contributed by atoms with Crippen LogP contribution in [0.25, 0.3) is 0 Å². The number of ether oxygens (including phenoxy) is 1. The fraction of sp³-hybridized carbons (Fsp3) is 0.278. The van der Waals surface area contributed by atoms with E-state index in [9.17, 15) is 13.2 Å². The molecule has 0 aliphatic rings. The van der Waals surface area contributed by atoms with Crippen LogP contribution < -0.4 is 10.5 Å². The van der Waals surface area contributed by atoms with Crippen molar-refractivity contribution >= 4 is 15.7 Å². The Kier molecular flexibility index (Phi) is 5.29. The Morgan fingerprint density at radius 3 is 2.08 bits per heavy atom. The zero-order valence-corrected chi connectivity index (χ0v) is 14.5. The number of primary amides is 1. The first kappa shape index (κ1) is 18.0. The molecule has 2 rings (SSSR count). The third-order valence-electron chi connectivity index (χ3n) is 3.40. The molecule has 0 spiro atoms. The van der Waals surface area contributed by atoms with Crippen molar-refractivity contribution in [2.45, 2.75) is 25.2 Å². The van der Waals surface area contributed by atoms with Crippen molar-refractivity contribution < 1.29 is 17.9 Å². The lowest BCUT2D eigenvalue weighted by Crippen LogP contribution is -2.29. The van der Waals surface area contributed by atoms with Crippen molar-refractivity contribution in [2.24, 2.45) is 11.1 Å². The smallest absolute Gasteiger partial charge is 0.217 e. The summed E-state index contributed by atoms with van der Waals surface area (Å²) in [5, 5.41) is 0. The number of hydrogen-bond acceptors (Lipinski definition) is 4. The summed E-state index contributed by atoms with van der Waals surface area (Å²) in [5.41, 5.74) is 4.46. The Bertz CT molecular complexity index is 797. The second kappa shape index (κ2) is 7.05. The number of para-hydroxylation sites is 1. The Labute approximate surface area is 142 Å². The second-order valence-electron chi connectivity index (χ2n) is 6.45. The molecule has 0 unspecified atom stereocenters. The maximum atomic E-state index is 12.5. The van der Waals surface area contributed by atoms with Gasteiger partial charge in [-0.2, -0.15) is 0 Å². The van der Waals surface area contributed by atoms with E-state index in [0.29, 0.717) is 11.5 Å². The van der Waals surface area contributed by atoms with Gasteiger partial charge in [0.05, 0.1) is 10.6 Å². The largest absolute Gasteiger partial charge is 0.457 e. The molecule has 0 saturated heterocycles. The number of carbonyl (C=O) groups is 1. The quantitative estimate of drug-likeness (QED) is 0.833. The van der Waals surface area contributed by atoms with Gasteiger partial charge < -0.3 is 10.5 Å². The summed E-state index contributed by atoms with van der Waals surface area (Å²) in [7, 11) is -3.52. The lowest BCUT2D eigenvalue weighted by Gasteiger charge is -2.22. The molecule has 24 heavy (non-hydrogen) atoms. The molecule has 128 valence electrons. The molecule has 0 radical (unpaired) electrons. The predicted molar refractivity (Wildman–Crippen MR) is 92.6 cm³/mol. The van der Waals surface area contributed by atoms with Crippen molar-refractivity contribution in [2.75, 3.05) is 5.75 Å². The maximum absolute atomic E-state index is 12.5. The van der Waals surface area contributed by atoms with Crippen LogP contribution in [0.4, 0.5) is 0 Å². The van der Waals surface area contributed by atoms with Crippen LogP contribution in [0.3, 0.4) is 0 Å². The molecular formula is C18H21NO4S. The lowest BCUT2D eigenvalue weighted by molar-refractivity contribution is -0.119. The molecule has 0 heterocycles. The van der Waals surface area contributed by atoms with E-state index in [1.54, 1.807) is 26.0 Å². The molecule has 6 heteroatoms. The average Bonchev–Trinajstić information content (AvgIpc) is 2.46. The van der Waals surface area contributed by atoms with E-state index in [4.69, 9.17) is 10.5 Å². The van der Waals surface area contributed by atoms with Gasteiger partial charge in [-0.15, -0.1) is 0 Å². The summed E-state index contributed by atoms with van der Waals surface area (Å²) in [6.07, 6.45) is 0.0153. The van der Waals surface area contributed by atoms with Crippen LogP contribution >= 0.6 is 0 Å². The van der Waals surface area contributed by atoms with Gasteiger partial charge in [-0.3, -0.25) is 4.79 Å². The van der Waals surface area contributed by atoms with Crippen LogP contribution in [0.1, 0.15) is 20.3 Å². The van der Waals surface area contributed by atoms with E-state index < -0.39 is 21.2 Å². The SMILES string of the molecule is CC(C)(CC(N)=O)CS(=O)(=O)c1ccc(Oc2ccccc2)cc1. The summed E-state index contributed by atoms with van der Waals surface area (Å²) in [6, 6.07) is 15.5. The number of nitrogens with two attached hydrogens (primary N) is 1. The summed E-state index contributed by atoms with van der Waals surface area (Å²) in [6.45, 7) is 3.42. The van der Waals surface area contributed by atoms with E-state index in [2.05, 4.69) is 0 Å². The molecule has 0 aliphatic heterocycles. The number of benzene rings is 2. The highest BCUT2D eigenvalue weighted by atomic mass is 32.2. The molecule has 0 bridgehead atoms. The highest BCUT2D eigenvalue weighted by molar-refractivity contribution is 7.91. The zero-order valence-electron chi connectivity index (χ0n) is 13.7. The lowest BCUT2D eigenvalue weighted by atomic mass is 9.92. The first-order chi connectivity index (χ1) is 11.2. The second-order valence-corrected chi connectivity index (χ2v) is 8.44. The molecule has 0 aromatic heterocycles. The Hall–Kier alpha value is -2.34. The minimum Gasteiger partial charge on any atom is -0.457 e. The van der Waals surface area contributed by atoms with Gasteiger partial charge in [0.2, 0.25) is 5.91 Å². The summed E-state index contributed by atoms with van der Waals surface area (Å²) in [4.78, 5) is 11.3. The van der Waals surface area contributed by atoms with Gasteiger partial charge in [0.25, 0.3) is 0 Å². The van der Waals surface area contributed by atoms with E-state index in [-0.39, 0.29) is 17.1 Å². The highest BCUT2D eigenvalue weighted by Crippen LogP contribution is 2.28. The van der Waals surface area contributed by atoms with Crippen LogP contribution in [0, 0.1) is 5.41 Å². The van der Waals surface area contributed by atoms with Crippen LogP contribution in [-0.2, 0) is 14.6 Å². The highest BCUT2D eigenvalue weighted by Gasteiger charge is 2.29. The number of carbonyl (C=O) groups excluding carboxylic acids is 1. The molecule has 0 fully saturated rings. The molecule has 0 saturated carbocycles. The third-order valence-corrected chi connectivity index (χ3v) is 5.55. The fourth-order valence-electron chi connectivity index (χ4n) is 2.46. The van der Waals surface area contributed by atoms with Gasteiger partial charge in [-0.1, -0.05) is 32.0 Å². The van der Waals surface area contributed by atoms with E-state index in [0.717, 1.165) is 0 Å². The van der Waals surface area contributed by atoms with E-state index in [1.165, 1.54) is 12.1 Å². The van der Waals surface area contributed by atoms with Gasteiger partial charge in [0.1, 0.15) is 11.5 Å². The van der Waals surface area contributed by atoms with Gasteiger partial charge in [0, 0.05) is 6.42 Å². The fourth-order valence-corrected chi connectivity index (χ4v) is 4.31. The maximum Gasteiger partial charge on any atom is 0.217 e. The average molecular weight is 347 g/mol. The molecule has 2 aromatic rings. The molecule has 2 aromatic carbocycles. The molecule has 0 atom stereocenters. The minimum absolute atomic E-state index is 0.0153. The standard InChI is InChI=1S/C18H21NO4S/c1-18(2,12-17(19)20)13-24(21,22)16-10-8-15(9-11-16)23-14-6-4-3-5-7-14/h3-11H,12-13H2,1-2H3,(H2,19,20). The zero-order chi connectivity index (χ0) is 17.8. The summed E-state index contributed by atoms with van der Waals surface area (Å²) in [5.74, 6) is 0.566. The predicted octanol–water partition coefficient (Wildman–Crippen LogP) is 3.15. The number of amides is 1. The number of hydrogen-bond donors (Lipinski definition) is 1. The first-order valence-corrected chi connectivity index (χ1v) is 9.17. The normalized spacial score (nSPS) is 11.9. The number of rotatable bonds is 7. The summed E-state index contributed by atoms with van der Waals surface area (Å²) < 4.78 is 30.7. The van der Waals surface area contributed by atoms with Crippen LogP contribution in [0.5, 0.6) is 11.5 Å². The van der Waals surface area contributed by atoms with Crippen molar-refractivity contribution in [3.05, 3.63) is 54.6 Å². The van der Waals surface area contributed by atoms with Crippen molar-refractivity contribution in [1.29, 1.82) is 0 Å². The molecule has 2 N–H and O–H groups in total. The van der Waals surface area contributed by atoms with Crippen LogP contribution in [-0.4, -0.2) is 20.1 Å². The Balaban J connectivity index is 2.13. The third kappa shape index (κ3) is 5.09. The molecule has 5 nitrogen and oxygen atoms in total. The monoisotopic (exact) mass is 347 g/mol. The van der Waals surface area contributed by atoms with Crippen molar-refractivity contribution in [1.82, 2.24) is 0 Å². The van der Waals surface area contributed by atoms with Crippen molar-refractivity contribution in [3.8, 4) is 11.5 Å². The van der Waals surface area contributed by atoms with Crippen LogP contribution in [0.2, 0.25) is 0 Å². The summed E-state index contributed by atoms with van der Waals surface area (Å²) >= 11 is 0. The molecule has 1 amide bonds. The van der Waals surface area contributed by atoms with E-state index >= 15 is 0 Å². The Morgan fingerprint density at radius 2 is 1.54 bits per heavy atom. The first-order valence-electron chi connectivity index (χ1n) is 7.52. The number of sulfone groups is 1. The molecular weight excluding hydrogens is 326 g/mol. The minimum atomic E-state index is -3.52. The van der Waals surface area contributed by atoms with E-state index in [1.807, 2.05) is 30.3 Å².